The highest BCUT2D eigenvalue weighted by Gasteiger charge is 2.12. The Balaban J connectivity index is 1.94. The van der Waals surface area contributed by atoms with E-state index in [1.165, 1.54) is 29.0 Å². The monoisotopic (exact) mass is 369 g/mol. The summed E-state index contributed by atoms with van der Waals surface area (Å²) in [5.74, 6) is -0.225. The summed E-state index contributed by atoms with van der Waals surface area (Å²) in [6.07, 6.45) is 1.20. The summed E-state index contributed by atoms with van der Waals surface area (Å²) in [7, 11) is 0. The molecule has 1 amide bonds. The minimum atomic E-state index is -0.419. The number of aryl methyl sites for hydroxylation is 2. The number of hydrogen-bond donors (Lipinski definition) is 0. The Labute approximate surface area is 154 Å². The predicted molar refractivity (Wildman–Crippen MR) is 102 cm³/mol. The van der Waals surface area contributed by atoms with Crippen LogP contribution in [-0.2, 0) is 24.2 Å². The lowest BCUT2D eigenvalue weighted by Gasteiger charge is -2.01. The Morgan fingerprint density at radius 3 is 2.46 bits per heavy atom. The topological polar surface area (TPSA) is 77.5 Å². The molecule has 0 saturated carbocycles. The van der Waals surface area contributed by atoms with E-state index in [1.807, 2.05) is 35.8 Å². The van der Waals surface area contributed by atoms with Crippen LogP contribution >= 0.6 is 11.3 Å². The zero-order valence-electron chi connectivity index (χ0n) is 14.6. The lowest BCUT2D eigenvalue weighted by molar-refractivity contribution is -0.384. The van der Waals surface area contributed by atoms with Gasteiger partial charge in [0.05, 0.1) is 21.6 Å². The Bertz CT molecular complexity index is 1030. The van der Waals surface area contributed by atoms with Gasteiger partial charge in [0.2, 0.25) is 0 Å². The second-order valence-corrected chi connectivity index (χ2v) is 6.90. The number of benzene rings is 2. The van der Waals surface area contributed by atoms with Crippen LogP contribution in [0, 0.1) is 10.1 Å². The van der Waals surface area contributed by atoms with Crippen molar-refractivity contribution in [2.75, 3.05) is 0 Å². The van der Waals surface area contributed by atoms with Gasteiger partial charge >= 0.3 is 0 Å². The average molecular weight is 369 g/mol. The molecule has 0 radical (unpaired) electrons. The van der Waals surface area contributed by atoms with Gasteiger partial charge in [-0.2, -0.15) is 4.99 Å². The number of amides is 1. The van der Waals surface area contributed by atoms with E-state index in [0.29, 0.717) is 11.3 Å². The molecule has 0 aliphatic rings. The predicted octanol–water partition coefficient (Wildman–Crippen LogP) is 3.86. The molecule has 6 nitrogen and oxygen atoms in total. The quantitative estimate of drug-likeness (QED) is 0.506. The van der Waals surface area contributed by atoms with Gasteiger partial charge in [-0.15, -0.1) is 0 Å². The summed E-state index contributed by atoms with van der Waals surface area (Å²) in [4.78, 5) is 27.7. The second-order valence-electron chi connectivity index (χ2n) is 5.89. The Morgan fingerprint density at radius 2 is 1.85 bits per heavy atom. The van der Waals surface area contributed by atoms with Crippen molar-refractivity contribution in [3.63, 3.8) is 0 Å². The molecule has 1 heterocycles. The Kier molecular flexibility index (Phi) is 5.27. The average Bonchev–Trinajstić information content (AvgIpc) is 2.98. The largest absolute Gasteiger partial charge is 0.317 e. The highest BCUT2D eigenvalue weighted by molar-refractivity contribution is 7.16. The van der Waals surface area contributed by atoms with Crippen LogP contribution in [0.4, 0.5) is 5.69 Å². The van der Waals surface area contributed by atoms with E-state index in [0.717, 1.165) is 22.2 Å². The van der Waals surface area contributed by atoms with Crippen molar-refractivity contribution in [1.29, 1.82) is 0 Å². The maximum absolute atomic E-state index is 12.4. The van der Waals surface area contributed by atoms with Crippen LogP contribution in [0.2, 0.25) is 0 Å². The molecule has 1 aromatic heterocycles. The standard InChI is InChI=1S/C19H19N3O3S/c1-3-13-5-7-14(8-6-13)11-18(23)20-19-21(4-2)16-10-9-15(22(24)25)12-17(16)26-19/h5-10,12H,3-4,11H2,1-2H3. The van der Waals surface area contributed by atoms with Crippen molar-refractivity contribution in [3.05, 3.63) is 68.5 Å². The van der Waals surface area contributed by atoms with Crippen molar-refractivity contribution in [3.8, 4) is 0 Å². The molecular weight excluding hydrogens is 350 g/mol. The number of carbonyl (C=O) groups is 1. The Morgan fingerprint density at radius 1 is 1.15 bits per heavy atom. The molecule has 0 saturated heterocycles. The van der Waals surface area contributed by atoms with Crippen LogP contribution in [0.5, 0.6) is 0 Å². The highest BCUT2D eigenvalue weighted by Crippen LogP contribution is 2.23. The normalized spacial score (nSPS) is 11.8. The first kappa shape index (κ1) is 18.0. The SMILES string of the molecule is CCc1ccc(CC(=O)N=c2sc3cc([N+](=O)[O-])ccc3n2CC)cc1. The fourth-order valence-corrected chi connectivity index (χ4v) is 3.92. The molecule has 0 aliphatic carbocycles. The molecule has 7 heteroatoms. The number of non-ortho nitro benzene ring substituents is 1. The maximum Gasteiger partial charge on any atom is 0.270 e. The van der Waals surface area contributed by atoms with Crippen molar-refractivity contribution in [2.24, 2.45) is 4.99 Å². The van der Waals surface area contributed by atoms with Gasteiger partial charge in [0.25, 0.3) is 11.6 Å². The first-order valence-corrected chi connectivity index (χ1v) is 9.26. The number of rotatable bonds is 5. The van der Waals surface area contributed by atoms with E-state index in [2.05, 4.69) is 11.9 Å². The lowest BCUT2D eigenvalue weighted by Crippen LogP contribution is -2.16. The zero-order chi connectivity index (χ0) is 18.7. The summed E-state index contributed by atoms with van der Waals surface area (Å²) < 4.78 is 2.65. The molecule has 3 rings (SSSR count). The second kappa shape index (κ2) is 7.61. The molecule has 134 valence electrons. The highest BCUT2D eigenvalue weighted by atomic mass is 32.1. The van der Waals surface area contributed by atoms with Crippen molar-refractivity contribution in [1.82, 2.24) is 4.57 Å². The molecule has 0 bridgehead atoms. The number of aromatic nitrogens is 1. The van der Waals surface area contributed by atoms with E-state index < -0.39 is 4.92 Å². The fourth-order valence-electron chi connectivity index (χ4n) is 2.78. The summed E-state index contributed by atoms with van der Waals surface area (Å²) in [6, 6.07) is 12.7. The number of carbonyl (C=O) groups excluding carboxylic acids is 1. The van der Waals surface area contributed by atoms with E-state index in [-0.39, 0.29) is 18.0 Å². The van der Waals surface area contributed by atoms with Crippen LogP contribution < -0.4 is 4.80 Å². The van der Waals surface area contributed by atoms with Crippen molar-refractivity contribution in [2.45, 2.75) is 33.2 Å². The molecular formula is C19H19N3O3S. The third-order valence-electron chi connectivity index (χ3n) is 4.20. The number of nitrogens with zero attached hydrogens (tertiary/aromatic N) is 3. The first-order chi connectivity index (χ1) is 12.5. The number of nitro benzene ring substituents is 1. The number of fused-ring (bicyclic) bond motifs is 1. The van der Waals surface area contributed by atoms with Gasteiger partial charge in [-0.05, 0) is 30.5 Å². The van der Waals surface area contributed by atoms with Gasteiger partial charge in [-0.25, -0.2) is 0 Å². The van der Waals surface area contributed by atoms with Crippen molar-refractivity contribution >= 4 is 33.1 Å². The van der Waals surface area contributed by atoms with E-state index in [9.17, 15) is 14.9 Å². The molecule has 26 heavy (non-hydrogen) atoms. The lowest BCUT2D eigenvalue weighted by atomic mass is 10.1. The third-order valence-corrected chi connectivity index (χ3v) is 5.24. The van der Waals surface area contributed by atoms with Crippen LogP contribution in [0.3, 0.4) is 0 Å². The van der Waals surface area contributed by atoms with Crippen molar-refractivity contribution < 1.29 is 9.72 Å². The third kappa shape index (κ3) is 3.72. The summed E-state index contributed by atoms with van der Waals surface area (Å²) >= 11 is 1.30. The summed E-state index contributed by atoms with van der Waals surface area (Å²) in [5.41, 5.74) is 3.04. The molecule has 3 aromatic rings. The van der Waals surface area contributed by atoms with Gasteiger partial charge in [0.15, 0.2) is 4.80 Å². The maximum atomic E-state index is 12.4. The zero-order valence-corrected chi connectivity index (χ0v) is 15.5. The molecule has 0 unspecified atom stereocenters. The smallest absolute Gasteiger partial charge is 0.270 e. The van der Waals surface area contributed by atoms with Crippen LogP contribution in [0.15, 0.2) is 47.5 Å². The van der Waals surface area contributed by atoms with Gasteiger partial charge in [0.1, 0.15) is 0 Å². The minimum absolute atomic E-state index is 0.0379. The summed E-state index contributed by atoms with van der Waals surface area (Å²) in [5, 5.41) is 11.0. The fraction of sp³-hybridized carbons (Fsp3) is 0.263. The van der Waals surface area contributed by atoms with Crippen LogP contribution in [-0.4, -0.2) is 15.4 Å². The molecule has 0 N–H and O–H groups in total. The molecule has 0 fully saturated rings. The van der Waals surface area contributed by atoms with Crippen LogP contribution in [0.1, 0.15) is 25.0 Å². The van der Waals surface area contributed by atoms with E-state index in [1.54, 1.807) is 6.07 Å². The van der Waals surface area contributed by atoms with Gasteiger partial charge in [-0.3, -0.25) is 14.9 Å². The van der Waals surface area contributed by atoms with E-state index in [4.69, 9.17) is 0 Å². The molecule has 0 atom stereocenters. The minimum Gasteiger partial charge on any atom is -0.317 e. The van der Waals surface area contributed by atoms with Gasteiger partial charge in [0, 0.05) is 18.7 Å². The number of hydrogen-bond acceptors (Lipinski definition) is 4. The van der Waals surface area contributed by atoms with Crippen LogP contribution in [0.25, 0.3) is 10.2 Å². The molecule has 0 aliphatic heterocycles. The number of nitro groups is 1. The first-order valence-electron chi connectivity index (χ1n) is 8.45. The summed E-state index contributed by atoms with van der Waals surface area (Å²) in [6.45, 7) is 4.68. The molecule has 0 spiro atoms. The Hall–Kier alpha value is -2.80. The van der Waals surface area contributed by atoms with Gasteiger partial charge < -0.3 is 4.57 Å². The number of thiazole rings is 1. The van der Waals surface area contributed by atoms with E-state index >= 15 is 0 Å². The van der Waals surface area contributed by atoms with Gasteiger partial charge in [-0.1, -0.05) is 42.5 Å². The molecule has 2 aromatic carbocycles.